The predicted octanol–water partition coefficient (Wildman–Crippen LogP) is 3.36. The fourth-order valence-corrected chi connectivity index (χ4v) is 3.34. The van der Waals surface area contributed by atoms with Crippen LogP contribution in [0.25, 0.3) is 0 Å². The van der Waals surface area contributed by atoms with Gasteiger partial charge in [0, 0.05) is 27.7 Å². The molecule has 1 aromatic heterocycles. The van der Waals surface area contributed by atoms with Crippen LogP contribution >= 0.6 is 27.3 Å². The summed E-state index contributed by atoms with van der Waals surface area (Å²) in [4.78, 5) is 13.3. The van der Waals surface area contributed by atoms with Gasteiger partial charge in [-0.2, -0.15) is 0 Å². The molecule has 1 unspecified atom stereocenters. The third-order valence-electron chi connectivity index (χ3n) is 2.80. The number of Topliss-reactive ketones (excluding diaryl/α,β-unsaturated/α-hetero) is 1. The van der Waals surface area contributed by atoms with Crippen LogP contribution in [0.2, 0.25) is 0 Å². The number of benzene rings is 1. The number of carbonyl (C=O) groups is 1. The first kappa shape index (κ1) is 13.5. The average Bonchev–Trinajstić information content (AvgIpc) is 2.77. The predicted molar refractivity (Wildman–Crippen MR) is 79.0 cm³/mol. The van der Waals surface area contributed by atoms with Gasteiger partial charge in [0.25, 0.3) is 0 Å². The van der Waals surface area contributed by atoms with Crippen molar-refractivity contribution in [3.63, 3.8) is 0 Å². The van der Waals surface area contributed by atoms with E-state index in [1.807, 2.05) is 41.8 Å². The van der Waals surface area contributed by atoms with E-state index >= 15 is 0 Å². The molecular weight excluding hydrogens is 310 g/mol. The molecule has 2 aromatic rings. The van der Waals surface area contributed by atoms with Crippen LogP contribution in [0.1, 0.15) is 16.4 Å². The van der Waals surface area contributed by atoms with E-state index in [2.05, 4.69) is 15.9 Å². The number of carbonyl (C=O) groups excluding carboxylic acids is 1. The van der Waals surface area contributed by atoms with Gasteiger partial charge in [0.05, 0.1) is 5.92 Å². The van der Waals surface area contributed by atoms with Crippen molar-refractivity contribution in [3.8, 4) is 0 Å². The van der Waals surface area contributed by atoms with Crippen molar-refractivity contribution in [2.45, 2.75) is 12.3 Å². The Hall–Kier alpha value is -0.970. The Kier molecular flexibility index (Phi) is 4.69. The second-order valence-corrected chi connectivity index (χ2v) is 5.98. The molecule has 0 aliphatic carbocycles. The van der Waals surface area contributed by atoms with Gasteiger partial charge >= 0.3 is 0 Å². The number of hydrogen-bond donors (Lipinski definition) is 1. The molecule has 0 saturated carbocycles. The van der Waals surface area contributed by atoms with Crippen molar-refractivity contribution in [1.82, 2.24) is 0 Å². The highest BCUT2D eigenvalue weighted by molar-refractivity contribution is 9.10. The minimum atomic E-state index is -0.202. The molecule has 2 rings (SSSR count). The van der Waals surface area contributed by atoms with Gasteiger partial charge in [-0.25, -0.2) is 0 Å². The summed E-state index contributed by atoms with van der Waals surface area (Å²) in [6.45, 7) is 0.357. The first-order chi connectivity index (χ1) is 8.70. The molecule has 2 N–H and O–H groups in total. The lowest BCUT2D eigenvalue weighted by atomic mass is 9.93. The summed E-state index contributed by atoms with van der Waals surface area (Å²) < 4.78 is 1.03. The van der Waals surface area contributed by atoms with Crippen LogP contribution in [0.4, 0.5) is 0 Å². The zero-order valence-corrected chi connectivity index (χ0v) is 12.2. The number of hydrogen-bond acceptors (Lipinski definition) is 3. The van der Waals surface area contributed by atoms with E-state index in [1.165, 1.54) is 0 Å². The molecule has 0 aliphatic heterocycles. The largest absolute Gasteiger partial charge is 0.329 e. The van der Waals surface area contributed by atoms with Crippen molar-refractivity contribution < 1.29 is 4.79 Å². The fourth-order valence-electron chi connectivity index (χ4n) is 1.88. The maximum atomic E-state index is 12.3. The highest BCUT2D eigenvalue weighted by atomic mass is 79.9. The molecule has 0 saturated heterocycles. The molecule has 1 aromatic carbocycles. The van der Waals surface area contributed by atoms with Crippen LogP contribution in [-0.4, -0.2) is 12.3 Å². The Balaban J connectivity index is 2.11. The van der Waals surface area contributed by atoms with E-state index < -0.39 is 0 Å². The molecule has 0 fully saturated rings. The molecule has 0 bridgehead atoms. The minimum Gasteiger partial charge on any atom is -0.329 e. The molecule has 18 heavy (non-hydrogen) atoms. The van der Waals surface area contributed by atoms with Gasteiger partial charge in [0.1, 0.15) is 5.78 Å². The summed E-state index contributed by atoms with van der Waals surface area (Å²) >= 11 is 4.99. The van der Waals surface area contributed by atoms with Gasteiger partial charge in [-0.05, 0) is 27.6 Å². The summed E-state index contributed by atoms with van der Waals surface area (Å²) in [5.41, 5.74) is 6.74. The van der Waals surface area contributed by atoms with E-state index in [1.54, 1.807) is 11.3 Å². The quantitative estimate of drug-likeness (QED) is 0.916. The molecule has 1 atom stereocenters. The van der Waals surface area contributed by atoms with Crippen molar-refractivity contribution in [1.29, 1.82) is 0 Å². The summed E-state index contributed by atoms with van der Waals surface area (Å²) in [5.74, 6) is -0.0230. The molecule has 0 spiro atoms. The first-order valence-corrected chi connectivity index (χ1v) is 7.38. The highest BCUT2D eigenvalue weighted by Gasteiger charge is 2.19. The topological polar surface area (TPSA) is 43.1 Å². The van der Waals surface area contributed by atoms with E-state index in [0.717, 1.165) is 14.9 Å². The van der Waals surface area contributed by atoms with Gasteiger partial charge in [-0.15, -0.1) is 11.3 Å². The Labute approximate surface area is 119 Å². The van der Waals surface area contributed by atoms with E-state index in [-0.39, 0.29) is 11.7 Å². The van der Waals surface area contributed by atoms with Gasteiger partial charge in [0.15, 0.2) is 0 Å². The van der Waals surface area contributed by atoms with E-state index in [4.69, 9.17) is 5.73 Å². The van der Waals surface area contributed by atoms with Gasteiger partial charge in [0.2, 0.25) is 0 Å². The molecule has 94 valence electrons. The zero-order chi connectivity index (χ0) is 13.0. The highest BCUT2D eigenvalue weighted by Crippen LogP contribution is 2.23. The van der Waals surface area contributed by atoms with Crippen molar-refractivity contribution in [2.24, 2.45) is 5.73 Å². The minimum absolute atomic E-state index is 0.179. The first-order valence-electron chi connectivity index (χ1n) is 5.71. The lowest BCUT2D eigenvalue weighted by Gasteiger charge is -2.13. The molecule has 0 radical (unpaired) electrons. The molecule has 1 heterocycles. The standard InChI is InChI=1S/C14H14BrNOS/c15-11-6-12(18-9-11)7-14(17)13(8-16)10-4-2-1-3-5-10/h1-6,9,13H,7-8,16H2. The summed E-state index contributed by atoms with van der Waals surface area (Å²) in [7, 11) is 0. The van der Waals surface area contributed by atoms with Gasteiger partial charge < -0.3 is 5.73 Å². The summed E-state index contributed by atoms with van der Waals surface area (Å²) in [6.07, 6.45) is 0.451. The molecule has 0 amide bonds. The smallest absolute Gasteiger partial charge is 0.146 e. The molecule has 0 aliphatic rings. The Morgan fingerprint density at radius 1 is 1.33 bits per heavy atom. The third kappa shape index (κ3) is 3.28. The Morgan fingerprint density at radius 3 is 2.61 bits per heavy atom. The second kappa shape index (κ2) is 6.27. The zero-order valence-electron chi connectivity index (χ0n) is 9.80. The maximum Gasteiger partial charge on any atom is 0.146 e. The lowest BCUT2D eigenvalue weighted by Crippen LogP contribution is -2.22. The summed E-state index contributed by atoms with van der Waals surface area (Å²) in [6, 6.07) is 11.7. The van der Waals surface area contributed by atoms with E-state index in [0.29, 0.717) is 13.0 Å². The molecule has 2 nitrogen and oxygen atoms in total. The van der Waals surface area contributed by atoms with Crippen LogP contribution in [0.15, 0.2) is 46.3 Å². The van der Waals surface area contributed by atoms with Crippen LogP contribution in [-0.2, 0) is 11.2 Å². The number of thiophene rings is 1. The van der Waals surface area contributed by atoms with Crippen LogP contribution in [0.3, 0.4) is 0 Å². The lowest BCUT2D eigenvalue weighted by molar-refractivity contribution is -0.119. The normalized spacial score (nSPS) is 12.3. The SMILES string of the molecule is NCC(C(=O)Cc1cc(Br)cs1)c1ccccc1. The van der Waals surface area contributed by atoms with E-state index in [9.17, 15) is 4.79 Å². The van der Waals surface area contributed by atoms with Crippen LogP contribution < -0.4 is 5.73 Å². The second-order valence-electron chi connectivity index (χ2n) is 4.07. The fraction of sp³-hybridized carbons (Fsp3) is 0.214. The Bertz CT molecular complexity index is 524. The number of rotatable bonds is 5. The Morgan fingerprint density at radius 2 is 2.06 bits per heavy atom. The maximum absolute atomic E-state index is 12.3. The number of ketones is 1. The average molecular weight is 324 g/mol. The van der Waals surface area contributed by atoms with Gasteiger partial charge in [-0.1, -0.05) is 30.3 Å². The third-order valence-corrected chi connectivity index (χ3v) is 4.49. The number of halogens is 1. The monoisotopic (exact) mass is 323 g/mol. The van der Waals surface area contributed by atoms with Crippen LogP contribution in [0.5, 0.6) is 0 Å². The molecular formula is C14H14BrNOS. The van der Waals surface area contributed by atoms with Crippen molar-refractivity contribution in [2.75, 3.05) is 6.54 Å². The van der Waals surface area contributed by atoms with Crippen molar-refractivity contribution >= 4 is 33.0 Å². The van der Waals surface area contributed by atoms with Crippen molar-refractivity contribution in [3.05, 3.63) is 56.7 Å². The van der Waals surface area contributed by atoms with Crippen LogP contribution in [0, 0.1) is 0 Å². The molecule has 4 heteroatoms. The summed E-state index contributed by atoms with van der Waals surface area (Å²) in [5, 5.41) is 1.99. The number of nitrogens with two attached hydrogens (primary N) is 1. The van der Waals surface area contributed by atoms with Gasteiger partial charge in [-0.3, -0.25) is 4.79 Å².